The summed E-state index contributed by atoms with van der Waals surface area (Å²) in [4.78, 5) is 8.88. The van der Waals surface area contributed by atoms with Crippen molar-refractivity contribution >= 4 is 17.0 Å². The fourth-order valence-corrected chi connectivity index (χ4v) is 3.17. The smallest absolute Gasteiger partial charge is 0.204 e. The molecule has 1 fully saturated rings. The number of halogens is 1. The lowest BCUT2D eigenvalue weighted by molar-refractivity contribution is 0.476. The summed E-state index contributed by atoms with van der Waals surface area (Å²) in [6.07, 6.45) is 5.72. The Bertz CT molecular complexity index is 821. The second kappa shape index (κ2) is 6.57. The summed E-state index contributed by atoms with van der Waals surface area (Å²) in [5.41, 5.74) is 2.95. The van der Waals surface area contributed by atoms with Gasteiger partial charge in [-0.05, 0) is 49.7 Å². The van der Waals surface area contributed by atoms with E-state index < -0.39 is 0 Å². The molecule has 4 rings (SSSR count). The highest BCUT2D eigenvalue weighted by Crippen LogP contribution is 2.22. The van der Waals surface area contributed by atoms with Crippen molar-refractivity contribution in [3.05, 3.63) is 54.1 Å². The van der Waals surface area contributed by atoms with E-state index in [0.29, 0.717) is 12.6 Å². The Labute approximate surface area is 139 Å². The molecule has 1 aliphatic heterocycles. The lowest BCUT2D eigenvalue weighted by Crippen LogP contribution is -2.36. The van der Waals surface area contributed by atoms with E-state index >= 15 is 0 Å². The quantitative estimate of drug-likeness (QED) is 0.774. The maximum atomic E-state index is 13.2. The molecular formula is C18H20FN5. The van der Waals surface area contributed by atoms with Crippen LogP contribution >= 0.6 is 0 Å². The van der Waals surface area contributed by atoms with Gasteiger partial charge in [0, 0.05) is 12.2 Å². The Kier molecular flexibility index (Phi) is 4.13. The molecule has 0 radical (unpaired) electrons. The number of nitrogens with one attached hydrogen (secondary N) is 2. The van der Waals surface area contributed by atoms with Crippen molar-refractivity contribution in [2.75, 3.05) is 18.4 Å². The largest absolute Gasteiger partial charge is 0.353 e. The molecule has 24 heavy (non-hydrogen) atoms. The molecular weight excluding hydrogens is 305 g/mol. The number of piperidine rings is 1. The van der Waals surface area contributed by atoms with Crippen LogP contribution in [0.25, 0.3) is 11.0 Å². The Hall–Kier alpha value is -2.47. The molecule has 0 amide bonds. The molecule has 0 aliphatic carbocycles. The van der Waals surface area contributed by atoms with Crippen LogP contribution in [0, 0.1) is 5.82 Å². The molecule has 5 nitrogen and oxygen atoms in total. The molecule has 0 spiro atoms. The van der Waals surface area contributed by atoms with E-state index in [1.807, 2.05) is 18.2 Å². The van der Waals surface area contributed by atoms with Crippen molar-refractivity contribution in [1.82, 2.24) is 19.9 Å². The van der Waals surface area contributed by atoms with Crippen LogP contribution in [0.4, 0.5) is 10.3 Å². The molecule has 1 aliphatic rings. The average molecular weight is 325 g/mol. The number of rotatable bonds is 4. The van der Waals surface area contributed by atoms with Crippen LogP contribution in [0.1, 0.15) is 18.4 Å². The van der Waals surface area contributed by atoms with Gasteiger partial charge in [0.15, 0.2) is 0 Å². The van der Waals surface area contributed by atoms with Crippen LogP contribution in [-0.2, 0) is 6.54 Å². The van der Waals surface area contributed by atoms with Gasteiger partial charge in [0.2, 0.25) is 5.95 Å². The van der Waals surface area contributed by atoms with Crippen molar-refractivity contribution in [2.24, 2.45) is 0 Å². The minimum absolute atomic E-state index is 0.216. The van der Waals surface area contributed by atoms with E-state index in [1.165, 1.54) is 12.1 Å². The maximum absolute atomic E-state index is 13.2. The minimum atomic E-state index is -0.216. The third-order valence-corrected chi connectivity index (χ3v) is 4.48. The van der Waals surface area contributed by atoms with Crippen molar-refractivity contribution in [3.63, 3.8) is 0 Å². The molecule has 0 bridgehead atoms. The van der Waals surface area contributed by atoms with Crippen molar-refractivity contribution < 1.29 is 4.39 Å². The number of anilines is 1. The van der Waals surface area contributed by atoms with Gasteiger partial charge in [-0.15, -0.1) is 0 Å². The molecule has 6 heteroatoms. The van der Waals surface area contributed by atoms with Gasteiger partial charge in [0.1, 0.15) is 11.3 Å². The highest BCUT2D eigenvalue weighted by atomic mass is 19.1. The van der Waals surface area contributed by atoms with E-state index in [2.05, 4.69) is 20.2 Å². The number of nitrogens with zero attached hydrogens (tertiary/aromatic N) is 3. The van der Waals surface area contributed by atoms with Gasteiger partial charge in [-0.2, -0.15) is 0 Å². The predicted molar refractivity (Wildman–Crippen MR) is 92.5 cm³/mol. The molecule has 2 N–H and O–H groups in total. The van der Waals surface area contributed by atoms with Gasteiger partial charge in [-0.3, -0.25) is 4.98 Å². The lowest BCUT2D eigenvalue weighted by atomic mass is 10.1. The van der Waals surface area contributed by atoms with Crippen LogP contribution in [0.5, 0.6) is 0 Å². The number of aromatic nitrogens is 3. The minimum Gasteiger partial charge on any atom is -0.353 e. The summed E-state index contributed by atoms with van der Waals surface area (Å²) in [7, 11) is 0. The highest BCUT2D eigenvalue weighted by Gasteiger charge is 2.17. The zero-order chi connectivity index (χ0) is 16.4. The Balaban J connectivity index is 1.68. The van der Waals surface area contributed by atoms with Gasteiger partial charge >= 0.3 is 0 Å². The highest BCUT2D eigenvalue weighted by molar-refractivity contribution is 5.77. The van der Waals surface area contributed by atoms with Crippen molar-refractivity contribution in [3.8, 4) is 0 Å². The third kappa shape index (κ3) is 3.10. The van der Waals surface area contributed by atoms with Crippen LogP contribution in [-0.4, -0.2) is 33.7 Å². The number of imidazole rings is 1. The van der Waals surface area contributed by atoms with E-state index in [-0.39, 0.29) is 5.82 Å². The molecule has 3 heterocycles. The monoisotopic (exact) mass is 325 g/mol. The fraction of sp³-hybridized carbons (Fsp3) is 0.333. The van der Waals surface area contributed by atoms with Gasteiger partial charge in [-0.1, -0.05) is 12.1 Å². The molecule has 124 valence electrons. The van der Waals surface area contributed by atoms with Crippen LogP contribution < -0.4 is 10.6 Å². The maximum Gasteiger partial charge on any atom is 0.204 e. The first-order valence-corrected chi connectivity index (χ1v) is 8.31. The van der Waals surface area contributed by atoms with Gasteiger partial charge in [-0.25, -0.2) is 9.37 Å². The summed E-state index contributed by atoms with van der Waals surface area (Å²) in [6, 6.07) is 9.02. The van der Waals surface area contributed by atoms with Gasteiger partial charge in [0.25, 0.3) is 0 Å². The van der Waals surface area contributed by atoms with Crippen molar-refractivity contribution in [2.45, 2.75) is 25.4 Å². The van der Waals surface area contributed by atoms with Gasteiger partial charge in [0.05, 0.1) is 18.3 Å². The number of fused-ring (bicyclic) bond motifs is 1. The average Bonchev–Trinajstić information content (AvgIpc) is 2.95. The number of pyridine rings is 1. The Morgan fingerprint density at radius 1 is 1.17 bits per heavy atom. The van der Waals surface area contributed by atoms with Crippen LogP contribution in [0.15, 0.2) is 42.7 Å². The van der Waals surface area contributed by atoms with Crippen LogP contribution in [0.2, 0.25) is 0 Å². The van der Waals surface area contributed by atoms with Crippen molar-refractivity contribution in [1.29, 1.82) is 0 Å². The summed E-state index contributed by atoms with van der Waals surface area (Å²) in [5.74, 6) is 0.640. The number of hydrogen-bond donors (Lipinski definition) is 2. The zero-order valence-corrected chi connectivity index (χ0v) is 13.4. The van der Waals surface area contributed by atoms with E-state index in [9.17, 15) is 4.39 Å². The molecule has 0 saturated carbocycles. The number of benzene rings is 1. The van der Waals surface area contributed by atoms with E-state index in [0.717, 1.165) is 48.5 Å². The standard InChI is InChI=1S/C18H20FN5/c19-14-3-1-13(2-4-14)12-24-17-7-10-21-11-16(17)23-18(24)22-15-5-8-20-9-6-15/h1-4,7,10-11,15,20H,5-6,8-9,12H2,(H,22,23). The molecule has 0 atom stereocenters. The number of hydrogen-bond acceptors (Lipinski definition) is 4. The van der Waals surface area contributed by atoms with E-state index in [4.69, 9.17) is 4.98 Å². The lowest BCUT2D eigenvalue weighted by Gasteiger charge is -2.24. The summed E-state index contributed by atoms with van der Waals surface area (Å²) < 4.78 is 15.3. The summed E-state index contributed by atoms with van der Waals surface area (Å²) in [5, 5.41) is 6.95. The van der Waals surface area contributed by atoms with E-state index in [1.54, 1.807) is 12.4 Å². The summed E-state index contributed by atoms with van der Waals surface area (Å²) >= 11 is 0. The SMILES string of the molecule is Fc1ccc(Cn2c(NC3CCNCC3)nc3cnccc32)cc1. The fourth-order valence-electron chi connectivity index (χ4n) is 3.17. The molecule has 2 aromatic heterocycles. The van der Waals surface area contributed by atoms with Gasteiger partial charge < -0.3 is 15.2 Å². The predicted octanol–water partition coefficient (Wildman–Crippen LogP) is 2.78. The second-order valence-corrected chi connectivity index (χ2v) is 6.18. The Morgan fingerprint density at radius 3 is 2.75 bits per heavy atom. The molecule has 0 unspecified atom stereocenters. The molecule has 1 aromatic carbocycles. The first-order valence-electron chi connectivity index (χ1n) is 8.31. The normalized spacial score (nSPS) is 15.7. The first-order chi connectivity index (χ1) is 11.8. The molecule has 1 saturated heterocycles. The second-order valence-electron chi connectivity index (χ2n) is 6.18. The van der Waals surface area contributed by atoms with Crippen LogP contribution in [0.3, 0.4) is 0 Å². The topological polar surface area (TPSA) is 54.8 Å². The summed E-state index contributed by atoms with van der Waals surface area (Å²) in [6.45, 7) is 2.70. The Morgan fingerprint density at radius 2 is 1.96 bits per heavy atom. The molecule has 3 aromatic rings. The first kappa shape index (κ1) is 15.1. The third-order valence-electron chi connectivity index (χ3n) is 4.48. The zero-order valence-electron chi connectivity index (χ0n) is 13.4.